The van der Waals surface area contributed by atoms with Gasteiger partial charge in [0.25, 0.3) is 5.91 Å². The average molecular weight is 417 g/mol. The van der Waals surface area contributed by atoms with Gasteiger partial charge in [-0.1, -0.05) is 32.0 Å². The Labute approximate surface area is 174 Å². The van der Waals surface area contributed by atoms with Gasteiger partial charge in [0.1, 0.15) is 23.2 Å². The molecular weight excluding hydrogens is 392 g/mol. The molecule has 0 saturated carbocycles. The molecule has 2 aromatic carbocycles. The Morgan fingerprint density at radius 1 is 1.00 bits per heavy atom. The van der Waals surface area contributed by atoms with Crippen molar-refractivity contribution in [3.05, 3.63) is 59.7 Å². The van der Waals surface area contributed by atoms with Crippen LogP contribution in [0.15, 0.2) is 42.5 Å². The van der Waals surface area contributed by atoms with Crippen LogP contribution in [0.3, 0.4) is 0 Å². The van der Waals surface area contributed by atoms with Crippen LogP contribution in [-0.4, -0.2) is 44.2 Å². The minimum atomic E-state index is -0.979. The number of nitrogens with one attached hydrogen (secondary N) is 2. The van der Waals surface area contributed by atoms with E-state index in [0.29, 0.717) is 32.0 Å². The van der Waals surface area contributed by atoms with Crippen molar-refractivity contribution in [2.24, 2.45) is 5.92 Å². The maximum atomic E-state index is 13.9. The van der Waals surface area contributed by atoms with E-state index in [1.54, 1.807) is 26.0 Å². The zero-order valence-corrected chi connectivity index (χ0v) is 17.0. The Balaban J connectivity index is 1.78. The van der Waals surface area contributed by atoms with Crippen LogP contribution >= 0.6 is 0 Å². The lowest BCUT2D eigenvalue weighted by molar-refractivity contribution is -0.118. The fourth-order valence-electron chi connectivity index (χ4n) is 3.33. The van der Waals surface area contributed by atoms with E-state index in [2.05, 4.69) is 15.5 Å². The normalized spacial score (nSPS) is 15.0. The summed E-state index contributed by atoms with van der Waals surface area (Å²) in [5, 5.41) is 5.32. The molecule has 1 fully saturated rings. The zero-order chi connectivity index (χ0) is 21.7. The van der Waals surface area contributed by atoms with E-state index in [1.165, 1.54) is 6.07 Å². The summed E-state index contributed by atoms with van der Waals surface area (Å²) < 4.78 is 33.3. The second kappa shape index (κ2) is 9.67. The molecule has 2 N–H and O–H groups in total. The number of morpholine rings is 1. The van der Waals surface area contributed by atoms with E-state index in [-0.39, 0.29) is 5.92 Å². The fourth-order valence-corrected chi connectivity index (χ4v) is 3.33. The van der Waals surface area contributed by atoms with Crippen molar-refractivity contribution >= 4 is 23.2 Å². The molecule has 30 heavy (non-hydrogen) atoms. The van der Waals surface area contributed by atoms with Crippen LogP contribution in [0.4, 0.5) is 20.2 Å². The molecule has 1 aliphatic heterocycles. The first-order valence-electron chi connectivity index (χ1n) is 9.86. The SMILES string of the molecule is CC(C)[C@H](NC(=O)c1c(F)cccc1F)C(=O)Nc1ccccc1N1CCOCC1. The molecule has 0 aromatic heterocycles. The van der Waals surface area contributed by atoms with E-state index in [9.17, 15) is 18.4 Å². The highest BCUT2D eigenvalue weighted by atomic mass is 19.1. The Kier molecular flexibility index (Phi) is 6.99. The van der Waals surface area contributed by atoms with Gasteiger partial charge in [-0.3, -0.25) is 9.59 Å². The molecule has 2 aromatic rings. The van der Waals surface area contributed by atoms with Gasteiger partial charge in [0, 0.05) is 13.1 Å². The summed E-state index contributed by atoms with van der Waals surface area (Å²) in [6.07, 6.45) is 0. The maximum Gasteiger partial charge on any atom is 0.257 e. The van der Waals surface area contributed by atoms with Gasteiger partial charge in [-0.05, 0) is 30.2 Å². The van der Waals surface area contributed by atoms with Gasteiger partial charge in [-0.25, -0.2) is 8.78 Å². The predicted molar refractivity (Wildman–Crippen MR) is 111 cm³/mol. The highest BCUT2D eigenvalue weighted by Crippen LogP contribution is 2.27. The molecule has 6 nitrogen and oxygen atoms in total. The smallest absolute Gasteiger partial charge is 0.257 e. The van der Waals surface area contributed by atoms with E-state index in [0.717, 1.165) is 17.8 Å². The van der Waals surface area contributed by atoms with Crippen LogP contribution < -0.4 is 15.5 Å². The molecule has 1 saturated heterocycles. The number of anilines is 2. The third-order valence-corrected chi connectivity index (χ3v) is 4.94. The maximum absolute atomic E-state index is 13.9. The monoisotopic (exact) mass is 417 g/mol. The van der Waals surface area contributed by atoms with E-state index >= 15 is 0 Å². The molecule has 2 amide bonds. The quantitative estimate of drug-likeness (QED) is 0.757. The number of hydrogen-bond acceptors (Lipinski definition) is 4. The van der Waals surface area contributed by atoms with Crippen LogP contribution in [0.2, 0.25) is 0 Å². The fraction of sp³-hybridized carbons (Fsp3) is 0.364. The number of benzene rings is 2. The first kappa shape index (κ1) is 21.7. The number of ether oxygens (including phenoxy) is 1. The third kappa shape index (κ3) is 4.94. The number of halogens is 2. The second-order valence-electron chi connectivity index (χ2n) is 7.40. The minimum Gasteiger partial charge on any atom is -0.378 e. The van der Waals surface area contributed by atoms with E-state index in [1.807, 2.05) is 12.1 Å². The summed E-state index contributed by atoms with van der Waals surface area (Å²) in [6.45, 7) is 6.09. The van der Waals surface area contributed by atoms with Gasteiger partial charge in [-0.2, -0.15) is 0 Å². The number of nitrogens with zero attached hydrogens (tertiary/aromatic N) is 1. The molecule has 1 aliphatic rings. The second-order valence-corrected chi connectivity index (χ2v) is 7.40. The molecule has 0 unspecified atom stereocenters. The molecule has 1 heterocycles. The van der Waals surface area contributed by atoms with Crippen molar-refractivity contribution in [1.29, 1.82) is 0 Å². The van der Waals surface area contributed by atoms with Crippen molar-refractivity contribution < 1.29 is 23.1 Å². The number of para-hydroxylation sites is 2. The number of carbonyl (C=O) groups is 2. The third-order valence-electron chi connectivity index (χ3n) is 4.94. The summed E-state index contributed by atoms with van der Waals surface area (Å²) >= 11 is 0. The number of rotatable bonds is 6. The highest BCUT2D eigenvalue weighted by molar-refractivity contribution is 6.02. The Bertz CT molecular complexity index is 894. The van der Waals surface area contributed by atoms with Crippen molar-refractivity contribution in [1.82, 2.24) is 5.32 Å². The molecular formula is C22H25F2N3O3. The van der Waals surface area contributed by atoms with Gasteiger partial charge < -0.3 is 20.3 Å². The summed E-state index contributed by atoms with van der Waals surface area (Å²) in [7, 11) is 0. The van der Waals surface area contributed by atoms with Crippen LogP contribution in [0.25, 0.3) is 0 Å². The van der Waals surface area contributed by atoms with Gasteiger partial charge in [-0.15, -0.1) is 0 Å². The lowest BCUT2D eigenvalue weighted by Gasteiger charge is -2.31. The van der Waals surface area contributed by atoms with Gasteiger partial charge >= 0.3 is 0 Å². The predicted octanol–water partition coefficient (Wildman–Crippen LogP) is 3.19. The Morgan fingerprint density at radius 3 is 2.27 bits per heavy atom. The van der Waals surface area contributed by atoms with Crippen molar-refractivity contribution in [2.75, 3.05) is 36.5 Å². The number of amides is 2. The van der Waals surface area contributed by atoms with Crippen LogP contribution in [0.5, 0.6) is 0 Å². The van der Waals surface area contributed by atoms with Crippen molar-refractivity contribution in [3.63, 3.8) is 0 Å². The van der Waals surface area contributed by atoms with E-state index < -0.39 is 35.1 Å². The minimum absolute atomic E-state index is 0.306. The van der Waals surface area contributed by atoms with Crippen LogP contribution in [0.1, 0.15) is 24.2 Å². The van der Waals surface area contributed by atoms with Crippen molar-refractivity contribution in [3.8, 4) is 0 Å². The first-order valence-corrected chi connectivity index (χ1v) is 9.86. The largest absolute Gasteiger partial charge is 0.378 e. The van der Waals surface area contributed by atoms with Crippen LogP contribution in [0, 0.1) is 17.6 Å². The van der Waals surface area contributed by atoms with Gasteiger partial charge in [0.15, 0.2) is 0 Å². The summed E-state index contributed by atoms with van der Waals surface area (Å²) in [5.74, 6) is -3.70. The topological polar surface area (TPSA) is 70.7 Å². The standard InChI is InChI=1S/C22H25F2N3O3/c1-14(2)20(26-21(28)19-15(23)6-5-7-16(19)24)22(29)25-17-8-3-4-9-18(17)27-10-12-30-13-11-27/h3-9,14,20H,10-13H2,1-2H3,(H,25,29)(H,26,28)/t20-/m0/s1. The lowest BCUT2D eigenvalue weighted by atomic mass is 10.0. The lowest BCUT2D eigenvalue weighted by Crippen LogP contribution is -2.47. The average Bonchev–Trinajstić information content (AvgIpc) is 2.72. The first-order chi connectivity index (χ1) is 14.4. The molecule has 3 rings (SSSR count). The van der Waals surface area contributed by atoms with Gasteiger partial charge in [0.05, 0.1) is 24.6 Å². The molecule has 8 heteroatoms. The van der Waals surface area contributed by atoms with E-state index in [4.69, 9.17) is 4.74 Å². The molecule has 0 bridgehead atoms. The van der Waals surface area contributed by atoms with Crippen LogP contribution in [-0.2, 0) is 9.53 Å². The summed E-state index contributed by atoms with van der Waals surface area (Å²) in [6, 6.07) is 9.56. The molecule has 0 spiro atoms. The molecule has 1 atom stereocenters. The Hall–Kier alpha value is -3.00. The number of hydrogen-bond donors (Lipinski definition) is 2. The number of carbonyl (C=O) groups excluding carboxylic acids is 2. The molecule has 160 valence electrons. The summed E-state index contributed by atoms with van der Waals surface area (Å²) in [5.41, 5.74) is 0.745. The zero-order valence-electron chi connectivity index (χ0n) is 17.0. The Morgan fingerprint density at radius 2 is 1.63 bits per heavy atom. The van der Waals surface area contributed by atoms with Crippen molar-refractivity contribution in [2.45, 2.75) is 19.9 Å². The molecule has 0 radical (unpaired) electrons. The van der Waals surface area contributed by atoms with Gasteiger partial charge in [0.2, 0.25) is 5.91 Å². The highest BCUT2D eigenvalue weighted by Gasteiger charge is 2.28. The molecule has 0 aliphatic carbocycles. The summed E-state index contributed by atoms with van der Waals surface area (Å²) in [4.78, 5) is 27.6.